The molecule has 3 heterocycles. The number of anilines is 2. The van der Waals surface area contributed by atoms with Gasteiger partial charge in [0.25, 0.3) is 5.91 Å². The van der Waals surface area contributed by atoms with Crippen LogP contribution < -0.4 is 16.2 Å². The number of carbonyl (C=O) groups is 1. The number of nitrogens with one attached hydrogen (secondary N) is 1. The van der Waals surface area contributed by atoms with E-state index in [0.717, 1.165) is 33.3 Å². The number of alkyl halides is 3. The number of imidazole rings is 1. The maximum Gasteiger partial charge on any atom is 0.406 e. The van der Waals surface area contributed by atoms with Crippen LogP contribution in [-0.4, -0.2) is 33.0 Å². The normalized spacial score (nSPS) is 11.6. The van der Waals surface area contributed by atoms with Crippen molar-refractivity contribution in [3.8, 4) is 11.4 Å². The van der Waals surface area contributed by atoms with Crippen LogP contribution in [0.15, 0.2) is 54.0 Å². The number of hydrazine groups is 1. The minimum atomic E-state index is -4.46. The van der Waals surface area contributed by atoms with Gasteiger partial charge < -0.3 is 4.90 Å². The van der Waals surface area contributed by atoms with Crippen LogP contribution in [0.3, 0.4) is 0 Å². The Morgan fingerprint density at radius 3 is 2.61 bits per heavy atom. The molecule has 0 radical (unpaired) electrons. The van der Waals surface area contributed by atoms with E-state index in [4.69, 9.17) is 5.84 Å². The largest absolute Gasteiger partial charge is 0.406 e. The first kappa shape index (κ1) is 20.8. The van der Waals surface area contributed by atoms with E-state index >= 15 is 0 Å². The summed E-state index contributed by atoms with van der Waals surface area (Å²) >= 11 is 1.10. The second kappa shape index (κ2) is 8.00. The lowest BCUT2D eigenvalue weighted by molar-refractivity contribution is -0.118. The van der Waals surface area contributed by atoms with Gasteiger partial charge in [0.2, 0.25) is 0 Å². The summed E-state index contributed by atoms with van der Waals surface area (Å²) in [6, 6.07) is 11.2. The van der Waals surface area contributed by atoms with Crippen LogP contribution in [0.5, 0.6) is 0 Å². The summed E-state index contributed by atoms with van der Waals surface area (Å²) in [4.78, 5) is 21.6. The fraction of sp³-hybridized carbons (Fsp3) is 0.150. The lowest BCUT2D eigenvalue weighted by Gasteiger charge is -2.23. The van der Waals surface area contributed by atoms with Crippen LogP contribution in [0.4, 0.5) is 24.0 Å². The van der Waals surface area contributed by atoms with Crippen LogP contribution in [0.2, 0.25) is 0 Å². The molecule has 0 unspecified atom stereocenters. The van der Waals surface area contributed by atoms with E-state index in [-0.39, 0.29) is 16.4 Å². The Morgan fingerprint density at radius 2 is 1.94 bits per heavy atom. The lowest BCUT2D eigenvalue weighted by Crippen LogP contribution is -2.31. The van der Waals surface area contributed by atoms with Crippen LogP contribution in [0.25, 0.3) is 17.0 Å². The number of halogens is 3. The van der Waals surface area contributed by atoms with Crippen molar-refractivity contribution in [2.75, 3.05) is 11.4 Å². The predicted octanol–water partition coefficient (Wildman–Crippen LogP) is 4.07. The molecular formula is C20H17F3N6OS. The summed E-state index contributed by atoms with van der Waals surface area (Å²) < 4.78 is 41.8. The molecule has 0 aliphatic rings. The fourth-order valence-electron chi connectivity index (χ4n) is 3.24. The first-order valence-corrected chi connectivity index (χ1v) is 9.99. The molecule has 4 aromatic rings. The molecule has 0 atom stereocenters. The Labute approximate surface area is 178 Å². The number of hydrogen-bond donors (Lipinski definition) is 2. The summed E-state index contributed by atoms with van der Waals surface area (Å²) in [5, 5.41) is 1.88. The van der Waals surface area contributed by atoms with E-state index in [1.54, 1.807) is 5.38 Å². The number of nitrogens with two attached hydrogens (primary N) is 1. The molecule has 160 valence electrons. The maximum absolute atomic E-state index is 13.3. The van der Waals surface area contributed by atoms with Crippen molar-refractivity contribution >= 4 is 33.7 Å². The van der Waals surface area contributed by atoms with Gasteiger partial charge in [-0.2, -0.15) is 13.2 Å². The molecule has 0 spiro atoms. The molecule has 0 aliphatic heterocycles. The SMILES string of the molecule is Cc1nc2ccccn2c1-c1csc(N(CC(F)(F)F)c2ccc(C(=O)NN)cc2)n1. The zero-order chi connectivity index (χ0) is 22.2. The van der Waals surface area contributed by atoms with Gasteiger partial charge in [-0.1, -0.05) is 6.07 Å². The fourth-order valence-corrected chi connectivity index (χ4v) is 4.07. The van der Waals surface area contributed by atoms with E-state index in [9.17, 15) is 18.0 Å². The number of rotatable bonds is 5. The van der Waals surface area contributed by atoms with E-state index in [1.807, 2.05) is 41.1 Å². The van der Waals surface area contributed by atoms with Crippen molar-refractivity contribution in [2.45, 2.75) is 13.1 Å². The molecule has 4 rings (SSSR count). The number of carbonyl (C=O) groups excluding carboxylic acids is 1. The number of pyridine rings is 1. The zero-order valence-electron chi connectivity index (χ0n) is 16.2. The first-order chi connectivity index (χ1) is 14.8. The highest BCUT2D eigenvalue weighted by Crippen LogP contribution is 2.35. The maximum atomic E-state index is 13.3. The summed E-state index contributed by atoms with van der Waals surface area (Å²) in [5.74, 6) is 4.57. The Hall–Kier alpha value is -3.44. The van der Waals surface area contributed by atoms with E-state index in [1.165, 1.54) is 24.3 Å². The number of benzene rings is 1. The van der Waals surface area contributed by atoms with Gasteiger partial charge in [-0.05, 0) is 43.3 Å². The van der Waals surface area contributed by atoms with Crippen molar-refractivity contribution < 1.29 is 18.0 Å². The minimum Gasteiger partial charge on any atom is -0.309 e. The zero-order valence-corrected chi connectivity index (χ0v) is 17.0. The average molecular weight is 446 g/mol. The monoisotopic (exact) mass is 446 g/mol. The Morgan fingerprint density at radius 1 is 1.19 bits per heavy atom. The number of aromatic nitrogens is 3. The standard InChI is InChI=1S/C20H17F3N6OS/c1-12-17(28-9-3-2-4-16(28)25-12)15-10-31-19(26-15)29(11-20(21,22)23)14-7-5-13(6-8-14)18(30)27-24/h2-10H,11,24H2,1H3,(H,27,30). The smallest absolute Gasteiger partial charge is 0.309 e. The van der Waals surface area contributed by atoms with Gasteiger partial charge in [-0.25, -0.2) is 15.8 Å². The van der Waals surface area contributed by atoms with Crippen LogP contribution in [0, 0.1) is 6.92 Å². The second-order valence-electron chi connectivity index (χ2n) is 6.71. The first-order valence-electron chi connectivity index (χ1n) is 9.12. The van der Waals surface area contributed by atoms with Gasteiger partial charge in [0.15, 0.2) is 5.13 Å². The van der Waals surface area contributed by atoms with E-state index in [2.05, 4.69) is 9.97 Å². The Kier molecular flexibility index (Phi) is 5.38. The van der Waals surface area contributed by atoms with Gasteiger partial charge in [-0.3, -0.25) is 14.6 Å². The molecule has 31 heavy (non-hydrogen) atoms. The molecule has 1 aromatic carbocycles. The Balaban J connectivity index is 1.74. The minimum absolute atomic E-state index is 0.175. The summed E-state index contributed by atoms with van der Waals surface area (Å²) in [6.07, 6.45) is -2.63. The number of hydrogen-bond acceptors (Lipinski definition) is 6. The second-order valence-corrected chi connectivity index (χ2v) is 7.55. The molecule has 0 saturated heterocycles. The van der Waals surface area contributed by atoms with Crippen molar-refractivity contribution in [2.24, 2.45) is 5.84 Å². The number of aryl methyl sites for hydroxylation is 1. The third-order valence-corrected chi connectivity index (χ3v) is 5.44. The van der Waals surface area contributed by atoms with Crippen molar-refractivity contribution in [3.05, 3.63) is 65.3 Å². The topological polar surface area (TPSA) is 88.5 Å². The van der Waals surface area contributed by atoms with Crippen molar-refractivity contribution in [1.29, 1.82) is 0 Å². The van der Waals surface area contributed by atoms with Crippen molar-refractivity contribution in [3.63, 3.8) is 0 Å². The average Bonchev–Trinajstić information content (AvgIpc) is 3.34. The highest BCUT2D eigenvalue weighted by atomic mass is 32.1. The van der Waals surface area contributed by atoms with Gasteiger partial charge in [0, 0.05) is 22.8 Å². The molecule has 0 saturated carbocycles. The molecule has 3 aromatic heterocycles. The quantitative estimate of drug-likeness (QED) is 0.274. The molecule has 3 N–H and O–H groups in total. The molecule has 11 heteroatoms. The molecule has 0 aliphatic carbocycles. The molecule has 0 fully saturated rings. The summed E-state index contributed by atoms with van der Waals surface area (Å²) in [6.45, 7) is 0.602. The number of nitrogens with zero attached hydrogens (tertiary/aromatic N) is 4. The van der Waals surface area contributed by atoms with Crippen molar-refractivity contribution in [1.82, 2.24) is 19.8 Å². The van der Waals surface area contributed by atoms with Crippen LogP contribution in [-0.2, 0) is 0 Å². The molecule has 0 bridgehead atoms. The third kappa shape index (κ3) is 4.23. The number of thiazole rings is 1. The molecule has 1 amide bonds. The number of nitrogen functional groups attached to an aromatic ring is 1. The number of amides is 1. The molecular weight excluding hydrogens is 429 g/mol. The predicted molar refractivity (Wildman–Crippen MR) is 112 cm³/mol. The number of fused-ring (bicyclic) bond motifs is 1. The van der Waals surface area contributed by atoms with Gasteiger partial charge in [-0.15, -0.1) is 11.3 Å². The van der Waals surface area contributed by atoms with Crippen LogP contribution in [0.1, 0.15) is 16.1 Å². The van der Waals surface area contributed by atoms with Gasteiger partial charge in [0.1, 0.15) is 17.9 Å². The van der Waals surface area contributed by atoms with E-state index < -0.39 is 18.6 Å². The van der Waals surface area contributed by atoms with Gasteiger partial charge >= 0.3 is 6.18 Å². The summed E-state index contributed by atoms with van der Waals surface area (Å²) in [7, 11) is 0. The lowest BCUT2D eigenvalue weighted by atomic mass is 10.2. The molecule has 7 nitrogen and oxygen atoms in total. The van der Waals surface area contributed by atoms with Gasteiger partial charge in [0.05, 0.1) is 11.4 Å². The summed E-state index contributed by atoms with van der Waals surface area (Å²) in [5.41, 5.74) is 5.18. The highest BCUT2D eigenvalue weighted by molar-refractivity contribution is 7.14. The van der Waals surface area contributed by atoms with E-state index in [0.29, 0.717) is 5.69 Å². The third-order valence-electron chi connectivity index (χ3n) is 4.58. The highest BCUT2D eigenvalue weighted by Gasteiger charge is 2.33. The Bertz CT molecular complexity index is 1230. The van der Waals surface area contributed by atoms with Crippen LogP contribution >= 0.6 is 11.3 Å².